The first-order chi connectivity index (χ1) is 11.9. The number of aliphatic carboxylic acids is 2. The fraction of sp³-hybridized carbons (Fsp3) is 0.375. The van der Waals surface area contributed by atoms with Crippen LogP contribution in [0.5, 0.6) is 0 Å². The van der Waals surface area contributed by atoms with Crippen LogP contribution in [0.15, 0.2) is 30.3 Å². The minimum Gasteiger partial charge on any atom is -0.481 e. The molecule has 4 N–H and O–H groups in total. The summed E-state index contributed by atoms with van der Waals surface area (Å²) in [6.45, 7) is -0.552. The van der Waals surface area contributed by atoms with Gasteiger partial charge >= 0.3 is 11.9 Å². The van der Waals surface area contributed by atoms with Crippen LogP contribution < -0.4 is 10.6 Å². The third-order valence-electron chi connectivity index (χ3n) is 3.03. The molecule has 0 unspecified atom stereocenters. The van der Waals surface area contributed by atoms with Gasteiger partial charge in [0.05, 0.1) is 6.42 Å². The smallest absolute Gasteiger partial charge is 0.322 e. The Morgan fingerprint density at radius 2 is 1.68 bits per heavy atom. The maximum atomic E-state index is 12.0. The summed E-state index contributed by atoms with van der Waals surface area (Å²) in [5, 5.41) is 21.9. The van der Waals surface area contributed by atoms with E-state index in [1.807, 2.05) is 30.3 Å². The Morgan fingerprint density at radius 1 is 1.00 bits per heavy atom. The summed E-state index contributed by atoms with van der Waals surface area (Å²) in [5.41, 5.74) is 1.05. The highest BCUT2D eigenvalue weighted by atomic mass is 32.2. The number of amides is 2. The average molecular weight is 368 g/mol. The largest absolute Gasteiger partial charge is 0.481 e. The maximum absolute atomic E-state index is 12.0. The molecule has 0 aromatic heterocycles. The Morgan fingerprint density at radius 3 is 2.28 bits per heavy atom. The van der Waals surface area contributed by atoms with Gasteiger partial charge in [-0.15, -0.1) is 0 Å². The molecule has 0 aliphatic heterocycles. The number of carbonyl (C=O) groups is 4. The first kappa shape index (κ1) is 20.5. The summed E-state index contributed by atoms with van der Waals surface area (Å²) in [7, 11) is 0. The number of carboxylic acid groups (broad SMARTS) is 2. The van der Waals surface area contributed by atoms with Gasteiger partial charge in [-0.25, -0.2) is 0 Å². The first-order valence-electron chi connectivity index (χ1n) is 7.51. The summed E-state index contributed by atoms with van der Waals surface area (Å²) in [6, 6.07) is 8.59. The second kappa shape index (κ2) is 11.1. The summed E-state index contributed by atoms with van der Waals surface area (Å²) >= 11 is 1.40. The van der Waals surface area contributed by atoms with Crippen LogP contribution in [0, 0.1) is 0 Å². The van der Waals surface area contributed by atoms with E-state index in [1.54, 1.807) is 0 Å². The van der Waals surface area contributed by atoms with E-state index in [2.05, 4.69) is 10.6 Å². The van der Waals surface area contributed by atoms with Crippen molar-refractivity contribution >= 4 is 35.5 Å². The van der Waals surface area contributed by atoms with Crippen LogP contribution in [-0.4, -0.2) is 52.3 Å². The van der Waals surface area contributed by atoms with E-state index in [4.69, 9.17) is 10.2 Å². The number of carboxylic acids is 2. The zero-order valence-electron chi connectivity index (χ0n) is 13.4. The summed E-state index contributed by atoms with van der Waals surface area (Å²) in [6.07, 6.45) is -0.589. The first-order valence-corrected chi connectivity index (χ1v) is 8.66. The second-order valence-corrected chi connectivity index (χ2v) is 6.16. The van der Waals surface area contributed by atoms with E-state index in [9.17, 15) is 19.2 Å². The zero-order chi connectivity index (χ0) is 18.7. The van der Waals surface area contributed by atoms with Crippen molar-refractivity contribution in [3.63, 3.8) is 0 Å². The molecule has 0 bridgehead atoms. The SMILES string of the molecule is O=C(O)CCC(=O)N[C@@H](CSCc1ccccc1)C(=O)NCC(=O)O. The molecule has 0 radical (unpaired) electrons. The molecule has 0 saturated carbocycles. The van der Waals surface area contributed by atoms with Crippen molar-refractivity contribution in [2.75, 3.05) is 12.3 Å². The number of carbonyl (C=O) groups excluding carboxylic acids is 2. The van der Waals surface area contributed by atoms with Gasteiger partial charge in [-0.2, -0.15) is 11.8 Å². The fourth-order valence-corrected chi connectivity index (χ4v) is 2.84. The number of thioether (sulfide) groups is 1. The number of benzene rings is 1. The van der Waals surface area contributed by atoms with E-state index < -0.39 is 36.3 Å². The maximum Gasteiger partial charge on any atom is 0.322 e. The molecular formula is C16H20N2O6S. The van der Waals surface area contributed by atoms with Gasteiger partial charge in [-0.1, -0.05) is 30.3 Å². The van der Waals surface area contributed by atoms with Crippen LogP contribution in [0.1, 0.15) is 18.4 Å². The minimum absolute atomic E-state index is 0.235. The molecule has 1 rings (SSSR count). The van der Waals surface area contributed by atoms with E-state index in [1.165, 1.54) is 11.8 Å². The normalized spacial score (nSPS) is 11.4. The highest BCUT2D eigenvalue weighted by Gasteiger charge is 2.21. The molecule has 0 fully saturated rings. The third-order valence-corrected chi connectivity index (χ3v) is 4.13. The van der Waals surface area contributed by atoms with E-state index in [0.717, 1.165) is 5.56 Å². The van der Waals surface area contributed by atoms with Crippen LogP contribution in [0.25, 0.3) is 0 Å². The van der Waals surface area contributed by atoms with Crippen molar-refractivity contribution in [3.05, 3.63) is 35.9 Å². The van der Waals surface area contributed by atoms with Gasteiger partial charge in [0.2, 0.25) is 11.8 Å². The van der Waals surface area contributed by atoms with Crippen molar-refractivity contribution in [2.24, 2.45) is 0 Å². The molecule has 0 aliphatic carbocycles. The molecule has 2 amide bonds. The lowest BCUT2D eigenvalue weighted by Crippen LogP contribution is -2.49. The second-order valence-electron chi connectivity index (χ2n) is 5.13. The fourth-order valence-electron chi connectivity index (χ4n) is 1.82. The standard InChI is InChI=1S/C16H20N2O6S/c19-13(6-7-14(20)21)18-12(16(24)17-8-15(22)23)10-25-9-11-4-2-1-3-5-11/h1-5,12H,6-10H2,(H,17,24)(H,18,19)(H,20,21)(H,22,23)/t12-/m0/s1. The molecule has 136 valence electrons. The summed E-state index contributed by atoms with van der Waals surface area (Å²) in [5.74, 6) is -2.64. The lowest BCUT2D eigenvalue weighted by atomic mass is 10.2. The Balaban J connectivity index is 2.56. The summed E-state index contributed by atoms with van der Waals surface area (Å²) < 4.78 is 0. The number of hydrogen-bond donors (Lipinski definition) is 4. The molecule has 0 heterocycles. The highest BCUT2D eigenvalue weighted by Crippen LogP contribution is 2.13. The van der Waals surface area contributed by atoms with Crippen molar-refractivity contribution in [2.45, 2.75) is 24.6 Å². The number of hydrogen-bond acceptors (Lipinski definition) is 5. The molecule has 0 spiro atoms. The summed E-state index contributed by atoms with van der Waals surface area (Å²) in [4.78, 5) is 44.9. The van der Waals surface area contributed by atoms with E-state index in [-0.39, 0.29) is 18.6 Å². The van der Waals surface area contributed by atoms with E-state index in [0.29, 0.717) is 5.75 Å². The van der Waals surface area contributed by atoms with Gasteiger partial charge in [0.1, 0.15) is 12.6 Å². The number of rotatable bonds is 11. The van der Waals surface area contributed by atoms with Gasteiger partial charge in [-0.3, -0.25) is 19.2 Å². The number of nitrogens with one attached hydrogen (secondary N) is 2. The Kier molecular flexibility index (Phi) is 9.09. The molecule has 9 heteroatoms. The van der Waals surface area contributed by atoms with Gasteiger partial charge in [0.15, 0.2) is 0 Å². The predicted molar refractivity (Wildman–Crippen MR) is 92.1 cm³/mol. The minimum atomic E-state index is -1.19. The van der Waals surface area contributed by atoms with Crippen molar-refractivity contribution < 1.29 is 29.4 Å². The molecule has 8 nitrogen and oxygen atoms in total. The van der Waals surface area contributed by atoms with Gasteiger partial charge in [-0.05, 0) is 5.56 Å². The van der Waals surface area contributed by atoms with Crippen LogP contribution in [0.2, 0.25) is 0 Å². The van der Waals surface area contributed by atoms with Gasteiger partial charge < -0.3 is 20.8 Å². The molecule has 1 atom stereocenters. The molecule has 0 saturated heterocycles. The Hall–Kier alpha value is -2.55. The molecule has 1 aromatic carbocycles. The molecular weight excluding hydrogens is 348 g/mol. The van der Waals surface area contributed by atoms with Crippen LogP contribution in [0.3, 0.4) is 0 Å². The lowest BCUT2D eigenvalue weighted by Gasteiger charge is -2.17. The topological polar surface area (TPSA) is 133 Å². The van der Waals surface area contributed by atoms with Crippen LogP contribution in [0.4, 0.5) is 0 Å². The predicted octanol–water partition coefficient (Wildman–Crippen LogP) is 0.470. The van der Waals surface area contributed by atoms with Crippen molar-refractivity contribution in [1.82, 2.24) is 10.6 Å². The average Bonchev–Trinajstić information content (AvgIpc) is 2.57. The van der Waals surface area contributed by atoms with Crippen molar-refractivity contribution in [1.29, 1.82) is 0 Å². The van der Waals surface area contributed by atoms with E-state index >= 15 is 0 Å². The molecule has 25 heavy (non-hydrogen) atoms. The molecule has 0 aliphatic rings. The Labute approximate surface area is 149 Å². The van der Waals surface area contributed by atoms with Crippen LogP contribution in [-0.2, 0) is 24.9 Å². The van der Waals surface area contributed by atoms with Crippen molar-refractivity contribution in [3.8, 4) is 0 Å². The monoisotopic (exact) mass is 368 g/mol. The van der Waals surface area contributed by atoms with Gasteiger partial charge in [0, 0.05) is 17.9 Å². The molecule has 1 aromatic rings. The Bertz CT molecular complexity index is 608. The zero-order valence-corrected chi connectivity index (χ0v) is 14.3. The quantitative estimate of drug-likeness (QED) is 0.446. The van der Waals surface area contributed by atoms with Crippen LogP contribution >= 0.6 is 11.8 Å². The highest BCUT2D eigenvalue weighted by molar-refractivity contribution is 7.98. The third kappa shape index (κ3) is 9.36. The lowest BCUT2D eigenvalue weighted by molar-refractivity contribution is -0.139. The van der Waals surface area contributed by atoms with Gasteiger partial charge in [0.25, 0.3) is 0 Å².